The number of halogens is 3. The molecule has 0 saturated heterocycles. The summed E-state index contributed by atoms with van der Waals surface area (Å²) in [6, 6.07) is 1.02. The molecular formula is C19H28F3N3OS. The summed E-state index contributed by atoms with van der Waals surface area (Å²) in [6.45, 7) is 5.99. The van der Waals surface area contributed by atoms with Gasteiger partial charge in [0.2, 0.25) is 5.91 Å². The Bertz CT molecular complexity index is 606. The second kappa shape index (κ2) is 9.26. The number of hydrogen-bond donors (Lipinski definition) is 1. The smallest absolute Gasteiger partial charge is 0.356 e. The van der Waals surface area contributed by atoms with Gasteiger partial charge in [-0.15, -0.1) is 0 Å². The van der Waals surface area contributed by atoms with Crippen LogP contribution in [0.5, 0.6) is 0 Å². The third-order valence-corrected chi connectivity index (χ3v) is 5.53. The highest BCUT2D eigenvalue weighted by Gasteiger charge is 2.35. The number of alkyl halides is 3. The number of nitrogens with zero attached hydrogens (tertiary/aromatic N) is 2. The van der Waals surface area contributed by atoms with Gasteiger partial charge in [0.1, 0.15) is 5.69 Å². The van der Waals surface area contributed by atoms with Crippen LogP contribution < -0.4 is 5.32 Å². The molecule has 1 fully saturated rings. The highest BCUT2D eigenvalue weighted by atomic mass is 32.2. The molecule has 0 aromatic carbocycles. The van der Waals surface area contributed by atoms with Crippen LogP contribution in [-0.4, -0.2) is 28.2 Å². The van der Waals surface area contributed by atoms with Crippen molar-refractivity contribution >= 4 is 17.7 Å². The maximum Gasteiger partial charge on any atom is 0.433 e. The average molecular weight is 404 g/mol. The third-order valence-electron chi connectivity index (χ3n) is 4.59. The molecule has 1 aliphatic carbocycles. The van der Waals surface area contributed by atoms with Gasteiger partial charge in [-0.1, -0.05) is 51.8 Å². The Morgan fingerprint density at radius 3 is 2.37 bits per heavy atom. The zero-order valence-electron chi connectivity index (χ0n) is 16.2. The number of aromatic nitrogens is 2. The molecule has 1 saturated carbocycles. The number of hydrogen-bond acceptors (Lipinski definition) is 4. The van der Waals surface area contributed by atoms with E-state index in [1.165, 1.54) is 18.2 Å². The predicted octanol–water partition coefficient (Wildman–Crippen LogP) is 4.97. The number of nitrogens with one attached hydrogen (secondary N) is 1. The summed E-state index contributed by atoms with van der Waals surface area (Å²) >= 11 is 1.19. The van der Waals surface area contributed by atoms with Gasteiger partial charge >= 0.3 is 6.18 Å². The van der Waals surface area contributed by atoms with E-state index in [1.54, 1.807) is 0 Å². The zero-order chi connectivity index (χ0) is 20.1. The van der Waals surface area contributed by atoms with Gasteiger partial charge in [0.25, 0.3) is 0 Å². The minimum atomic E-state index is -4.49. The summed E-state index contributed by atoms with van der Waals surface area (Å²) in [5.41, 5.74) is -1.03. The molecule has 1 amide bonds. The fourth-order valence-electron chi connectivity index (χ4n) is 2.98. The van der Waals surface area contributed by atoms with E-state index in [4.69, 9.17) is 0 Å². The molecule has 27 heavy (non-hydrogen) atoms. The first kappa shape index (κ1) is 22.0. The van der Waals surface area contributed by atoms with Crippen LogP contribution in [0.1, 0.15) is 70.7 Å². The van der Waals surface area contributed by atoms with E-state index in [2.05, 4.69) is 15.3 Å². The molecule has 2 rings (SSSR count). The molecule has 0 spiro atoms. The monoisotopic (exact) mass is 403 g/mol. The van der Waals surface area contributed by atoms with Crippen LogP contribution >= 0.6 is 11.8 Å². The highest BCUT2D eigenvalue weighted by Crippen LogP contribution is 2.32. The fourth-order valence-corrected chi connectivity index (χ4v) is 3.77. The molecule has 8 heteroatoms. The van der Waals surface area contributed by atoms with Crippen molar-refractivity contribution in [3.8, 4) is 0 Å². The Balaban J connectivity index is 1.86. The highest BCUT2D eigenvalue weighted by molar-refractivity contribution is 7.99. The molecule has 152 valence electrons. The first-order valence-corrected chi connectivity index (χ1v) is 10.4. The van der Waals surface area contributed by atoms with Crippen molar-refractivity contribution in [2.45, 2.75) is 76.0 Å². The van der Waals surface area contributed by atoms with Gasteiger partial charge in [-0.25, -0.2) is 9.97 Å². The SMILES string of the molecule is CC(C)(C)c1cc(C(F)(F)F)nc(SCCCNC(=O)C2CCCCC2)n1. The van der Waals surface area contributed by atoms with Gasteiger partial charge in [0.15, 0.2) is 5.16 Å². The molecule has 0 unspecified atom stereocenters. The summed E-state index contributed by atoms with van der Waals surface area (Å²) in [4.78, 5) is 20.0. The predicted molar refractivity (Wildman–Crippen MR) is 101 cm³/mol. The van der Waals surface area contributed by atoms with E-state index in [9.17, 15) is 18.0 Å². The lowest BCUT2D eigenvalue weighted by Gasteiger charge is -2.20. The molecule has 0 radical (unpaired) electrons. The summed E-state index contributed by atoms with van der Waals surface area (Å²) < 4.78 is 39.3. The van der Waals surface area contributed by atoms with Crippen LogP contribution in [0.15, 0.2) is 11.2 Å². The topological polar surface area (TPSA) is 54.9 Å². The zero-order valence-corrected chi connectivity index (χ0v) is 17.0. The molecule has 0 aliphatic heterocycles. The number of carbonyl (C=O) groups is 1. The van der Waals surface area contributed by atoms with E-state index >= 15 is 0 Å². The van der Waals surface area contributed by atoms with Crippen molar-refractivity contribution in [3.05, 3.63) is 17.5 Å². The van der Waals surface area contributed by atoms with Crippen molar-refractivity contribution in [3.63, 3.8) is 0 Å². The molecule has 0 atom stereocenters. The first-order chi connectivity index (χ1) is 12.6. The molecule has 1 aliphatic rings. The van der Waals surface area contributed by atoms with Crippen LogP contribution in [-0.2, 0) is 16.4 Å². The van der Waals surface area contributed by atoms with Gasteiger partial charge in [0, 0.05) is 23.6 Å². The first-order valence-electron chi connectivity index (χ1n) is 9.44. The van der Waals surface area contributed by atoms with E-state index in [0.29, 0.717) is 24.4 Å². The summed E-state index contributed by atoms with van der Waals surface area (Å²) in [7, 11) is 0. The van der Waals surface area contributed by atoms with Crippen molar-refractivity contribution in [2.24, 2.45) is 5.92 Å². The normalized spacial score (nSPS) is 16.4. The van der Waals surface area contributed by atoms with Crippen LogP contribution in [0.25, 0.3) is 0 Å². The Hall–Kier alpha value is -1.31. The Morgan fingerprint density at radius 2 is 1.78 bits per heavy atom. The van der Waals surface area contributed by atoms with Crippen molar-refractivity contribution in [1.29, 1.82) is 0 Å². The number of rotatable bonds is 6. The Morgan fingerprint density at radius 1 is 1.15 bits per heavy atom. The van der Waals surface area contributed by atoms with Crippen molar-refractivity contribution in [2.75, 3.05) is 12.3 Å². The number of amides is 1. The minimum absolute atomic E-state index is 0.102. The van der Waals surface area contributed by atoms with Crippen LogP contribution in [0, 0.1) is 5.92 Å². The molecule has 1 aromatic rings. The lowest BCUT2D eigenvalue weighted by atomic mass is 9.89. The summed E-state index contributed by atoms with van der Waals surface area (Å²) in [5.74, 6) is 0.771. The van der Waals surface area contributed by atoms with Gasteiger partial charge in [-0.3, -0.25) is 4.79 Å². The lowest BCUT2D eigenvalue weighted by molar-refractivity contribution is -0.141. The largest absolute Gasteiger partial charge is 0.433 e. The molecule has 0 bridgehead atoms. The van der Waals surface area contributed by atoms with E-state index in [-0.39, 0.29) is 17.0 Å². The molecule has 1 aromatic heterocycles. The van der Waals surface area contributed by atoms with Gasteiger partial charge in [-0.05, 0) is 25.3 Å². The maximum atomic E-state index is 13.1. The summed E-state index contributed by atoms with van der Waals surface area (Å²) in [6.07, 6.45) is 1.49. The summed E-state index contributed by atoms with van der Waals surface area (Å²) in [5, 5.41) is 3.07. The fraction of sp³-hybridized carbons (Fsp3) is 0.737. The van der Waals surface area contributed by atoms with Crippen molar-refractivity contribution < 1.29 is 18.0 Å². The average Bonchev–Trinajstić information content (AvgIpc) is 2.60. The quantitative estimate of drug-likeness (QED) is 0.414. The van der Waals surface area contributed by atoms with Crippen LogP contribution in [0.4, 0.5) is 13.2 Å². The van der Waals surface area contributed by atoms with E-state index in [0.717, 1.165) is 31.7 Å². The van der Waals surface area contributed by atoms with Gasteiger partial charge in [0.05, 0.1) is 5.69 Å². The standard InChI is InChI=1S/C19H28F3N3OS/c1-18(2,3)14-12-15(19(20,21)22)25-17(24-14)27-11-7-10-23-16(26)13-8-5-4-6-9-13/h12-13H,4-11H2,1-3H3,(H,23,26). The second-order valence-corrected chi connectivity index (χ2v) is 9.06. The maximum absolute atomic E-state index is 13.1. The Kier molecular flexibility index (Phi) is 7.54. The second-order valence-electron chi connectivity index (χ2n) is 8.00. The third kappa shape index (κ3) is 6.97. The lowest BCUT2D eigenvalue weighted by Crippen LogP contribution is -2.32. The molecule has 1 heterocycles. The molecular weight excluding hydrogens is 375 g/mol. The number of carbonyl (C=O) groups excluding carboxylic acids is 1. The van der Waals surface area contributed by atoms with Crippen LogP contribution in [0.3, 0.4) is 0 Å². The minimum Gasteiger partial charge on any atom is -0.356 e. The van der Waals surface area contributed by atoms with Crippen LogP contribution in [0.2, 0.25) is 0 Å². The van der Waals surface area contributed by atoms with E-state index < -0.39 is 17.3 Å². The van der Waals surface area contributed by atoms with Gasteiger partial charge < -0.3 is 5.32 Å². The number of thioether (sulfide) groups is 1. The van der Waals surface area contributed by atoms with Gasteiger partial charge in [-0.2, -0.15) is 13.2 Å². The molecule has 1 N–H and O–H groups in total. The van der Waals surface area contributed by atoms with E-state index in [1.807, 2.05) is 20.8 Å². The Labute approximate surface area is 163 Å². The van der Waals surface area contributed by atoms with Crippen molar-refractivity contribution in [1.82, 2.24) is 15.3 Å². The molecule has 4 nitrogen and oxygen atoms in total.